The zero-order chi connectivity index (χ0) is 26.6. The number of aliphatic carboxylic acids is 1. The van der Waals surface area contributed by atoms with Gasteiger partial charge in [0.25, 0.3) is 0 Å². The lowest BCUT2D eigenvalue weighted by Crippen LogP contribution is -2.36. The Labute approximate surface area is 213 Å². The molecule has 1 amide bonds. The predicted molar refractivity (Wildman–Crippen MR) is 129 cm³/mol. The van der Waals surface area contributed by atoms with Gasteiger partial charge in [-0.25, -0.2) is 0 Å². The van der Waals surface area contributed by atoms with Gasteiger partial charge in [-0.05, 0) is 48.2 Å². The molecule has 1 saturated heterocycles. The van der Waals surface area contributed by atoms with Crippen molar-refractivity contribution < 1.29 is 42.1 Å². The molecule has 0 saturated carbocycles. The van der Waals surface area contributed by atoms with Crippen LogP contribution < -0.4 is 10.5 Å². The Morgan fingerprint density at radius 1 is 1.19 bits per heavy atom. The summed E-state index contributed by atoms with van der Waals surface area (Å²) in [6.45, 7) is -0.645. The average Bonchev–Trinajstić information content (AvgIpc) is 3.07. The molecule has 192 valence electrons. The summed E-state index contributed by atoms with van der Waals surface area (Å²) in [5.41, 5.74) is 5.31. The van der Waals surface area contributed by atoms with Crippen molar-refractivity contribution in [2.75, 3.05) is 13.7 Å². The SMILES string of the molecule is COC(=O)[C@@H](N)Cc1ccc(Oc2ccc(CC3SC(=S)N(CC(=O)O)C3=O)c(C(F)(F)F)c2)cc1. The molecule has 1 aliphatic heterocycles. The van der Waals surface area contributed by atoms with Gasteiger partial charge in [-0.1, -0.05) is 42.2 Å². The Morgan fingerprint density at radius 2 is 1.83 bits per heavy atom. The third kappa shape index (κ3) is 6.74. The molecule has 3 rings (SSSR count). The smallest absolute Gasteiger partial charge is 0.416 e. The molecule has 0 bridgehead atoms. The van der Waals surface area contributed by atoms with Gasteiger partial charge in [0.1, 0.15) is 28.4 Å². The second-order valence-corrected chi connectivity index (χ2v) is 9.63. The number of thioether (sulfide) groups is 1. The molecule has 1 heterocycles. The van der Waals surface area contributed by atoms with Crippen molar-refractivity contribution in [1.29, 1.82) is 0 Å². The van der Waals surface area contributed by atoms with Crippen molar-refractivity contribution in [3.8, 4) is 11.5 Å². The summed E-state index contributed by atoms with van der Waals surface area (Å²) < 4.78 is 51.6. The third-order valence-corrected chi connectivity index (χ3v) is 6.79. The Balaban J connectivity index is 1.76. The number of carbonyl (C=O) groups excluding carboxylic acids is 2. The van der Waals surface area contributed by atoms with Crippen molar-refractivity contribution in [3.05, 3.63) is 59.2 Å². The molecule has 0 spiro atoms. The maximum absolute atomic E-state index is 13.8. The molecule has 0 radical (unpaired) electrons. The predicted octanol–water partition coefficient (Wildman–Crippen LogP) is 3.40. The van der Waals surface area contributed by atoms with E-state index >= 15 is 0 Å². The van der Waals surface area contributed by atoms with Gasteiger partial charge in [-0.2, -0.15) is 13.2 Å². The molecule has 0 aromatic heterocycles. The quantitative estimate of drug-likeness (QED) is 0.363. The van der Waals surface area contributed by atoms with E-state index in [9.17, 15) is 27.6 Å². The lowest BCUT2D eigenvalue weighted by atomic mass is 10.0. The van der Waals surface area contributed by atoms with Crippen LogP contribution in [-0.2, 0) is 38.1 Å². The number of nitrogens with zero attached hydrogens (tertiary/aromatic N) is 1. The largest absolute Gasteiger partial charge is 0.480 e. The van der Waals surface area contributed by atoms with E-state index in [1.165, 1.54) is 31.4 Å². The summed E-state index contributed by atoms with van der Waals surface area (Å²) in [4.78, 5) is 35.8. The maximum Gasteiger partial charge on any atom is 0.416 e. The number of alkyl halides is 3. The van der Waals surface area contributed by atoms with Gasteiger partial charge in [0.15, 0.2) is 0 Å². The Hall–Kier alpha value is -3.16. The number of amides is 1. The number of ether oxygens (including phenoxy) is 2. The maximum atomic E-state index is 13.8. The van der Waals surface area contributed by atoms with Crippen LogP contribution >= 0.6 is 24.0 Å². The molecule has 2 aromatic carbocycles. The molecular formula is C23H21F3N2O6S2. The highest BCUT2D eigenvalue weighted by molar-refractivity contribution is 8.24. The first kappa shape index (κ1) is 27.4. The molecule has 2 atom stereocenters. The van der Waals surface area contributed by atoms with Crippen LogP contribution in [0.4, 0.5) is 13.2 Å². The minimum absolute atomic E-state index is 0.0110. The summed E-state index contributed by atoms with van der Waals surface area (Å²) in [5.74, 6) is -2.29. The lowest BCUT2D eigenvalue weighted by molar-refractivity contribution is -0.142. The number of carboxylic acids is 1. The minimum Gasteiger partial charge on any atom is -0.480 e. The number of esters is 1. The van der Waals surface area contributed by atoms with E-state index in [0.717, 1.165) is 22.7 Å². The highest BCUT2D eigenvalue weighted by atomic mass is 32.2. The fraction of sp³-hybridized carbons (Fsp3) is 0.304. The molecule has 0 aliphatic carbocycles. The molecule has 36 heavy (non-hydrogen) atoms. The number of nitrogens with two attached hydrogens (primary N) is 1. The zero-order valence-electron chi connectivity index (χ0n) is 18.8. The van der Waals surface area contributed by atoms with Crippen LogP contribution in [0, 0.1) is 0 Å². The highest BCUT2D eigenvalue weighted by Gasteiger charge is 2.40. The number of carboxylic acid groups (broad SMARTS) is 1. The van der Waals surface area contributed by atoms with Gasteiger partial charge in [-0.15, -0.1) is 0 Å². The zero-order valence-corrected chi connectivity index (χ0v) is 20.4. The first-order chi connectivity index (χ1) is 16.9. The van der Waals surface area contributed by atoms with Crippen LogP contribution in [0.1, 0.15) is 16.7 Å². The molecular weight excluding hydrogens is 521 g/mol. The number of benzene rings is 2. The highest BCUT2D eigenvalue weighted by Crippen LogP contribution is 2.38. The van der Waals surface area contributed by atoms with Gasteiger partial charge in [0.05, 0.1) is 17.9 Å². The molecule has 3 N–H and O–H groups in total. The van der Waals surface area contributed by atoms with Crippen LogP contribution in [0.25, 0.3) is 0 Å². The second kappa shape index (κ2) is 11.3. The first-order valence-corrected chi connectivity index (χ1v) is 11.7. The second-order valence-electron chi connectivity index (χ2n) is 7.79. The number of rotatable bonds is 9. The Bertz CT molecular complexity index is 1170. The molecule has 1 unspecified atom stereocenters. The lowest BCUT2D eigenvalue weighted by Gasteiger charge is -2.17. The molecule has 1 fully saturated rings. The van der Waals surface area contributed by atoms with E-state index in [0.29, 0.717) is 5.56 Å². The molecule has 8 nitrogen and oxygen atoms in total. The summed E-state index contributed by atoms with van der Waals surface area (Å²) in [7, 11) is 1.23. The normalized spacial score (nSPS) is 16.7. The van der Waals surface area contributed by atoms with E-state index < -0.39 is 47.4 Å². The van der Waals surface area contributed by atoms with Crippen molar-refractivity contribution in [3.63, 3.8) is 0 Å². The summed E-state index contributed by atoms with van der Waals surface area (Å²) in [6.07, 6.45) is -4.80. The Kier molecular flexibility index (Phi) is 8.59. The molecule has 13 heteroatoms. The van der Waals surface area contributed by atoms with Crippen LogP contribution in [0.2, 0.25) is 0 Å². The molecule has 2 aromatic rings. The average molecular weight is 543 g/mol. The Morgan fingerprint density at radius 3 is 2.42 bits per heavy atom. The van der Waals surface area contributed by atoms with Gasteiger partial charge in [0, 0.05) is 0 Å². The minimum atomic E-state index is -4.73. The van der Waals surface area contributed by atoms with Crippen LogP contribution in [0.5, 0.6) is 11.5 Å². The van der Waals surface area contributed by atoms with Crippen molar-refractivity contribution >= 4 is 46.1 Å². The fourth-order valence-electron chi connectivity index (χ4n) is 3.49. The van der Waals surface area contributed by atoms with E-state index in [-0.39, 0.29) is 34.2 Å². The fourth-order valence-corrected chi connectivity index (χ4v) is 5.00. The monoisotopic (exact) mass is 542 g/mol. The van der Waals surface area contributed by atoms with Gasteiger partial charge in [-0.3, -0.25) is 19.3 Å². The summed E-state index contributed by atoms with van der Waals surface area (Å²) >= 11 is 5.87. The first-order valence-electron chi connectivity index (χ1n) is 10.4. The summed E-state index contributed by atoms with van der Waals surface area (Å²) in [5, 5.41) is 7.96. The van der Waals surface area contributed by atoms with Gasteiger partial charge >= 0.3 is 18.1 Å². The van der Waals surface area contributed by atoms with Crippen molar-refractivity contribution in [2.45, 2.75) is 30.3 Å². The topological polar surface area (TPSA) is 119 Å². The number of methoxy groups -OCH3 is 1. The standard InChI is InChI=1S/C23H21F3N2O6S2/c1-33-21(32)17(27)8-12-2-5-14(6-3-12)34-15-7-4-13(16(10-15)23(24,25)26)9-18-20(31)28(11-19(29)30)22(35)36-18/h2-7,10,17-18H,8-9,11,27H2,1H3,(H,29,30)/t17-,18?/m0/s1. The van der Waals surface area contributed by atoms with E-state index in [1.54, 1.807) is 12.1 Å². The number of carbonyl (C=O) groups is 3. The molecule has 1 aliphatic rings. The van der Waals surface area contributed by atoms with E-state index in [1.807, 2.05) is 0 Å². The number of thiocarbonyl (C=S) groups is 1. The summed E-state index contributed by atoms with van der Waals surface area (Å²) in [6, 6.07) is 8.89. The van der Waals surface area contributed by atoms with E-state index in [2.05, 4.69) is 4.74 Å². The van der Waals surface area contributed by atoms with Gasteiger partial charge < -0.3 is 20.3 Å². The van der Waals surface area contributed by atoms with E-state index in [4.69, 9.17) is 27.8 Å². The number of hydrogen-bond donors (Lipinski definition) is 2. The van der Waals surface area contributed by atoms with Crippen LogP contribution in [0.3, 0.4) is 0 Å². The number of hydrogen-bond acceptors (Lipinski definition) is 8. The van der Waals surface area contributed by atoms with Crippen LogP contribution in [-0.4, -0.2) is 57.1 Å². The van der Waals surface area contributed by atoms with Crippen LogP contribution in [0.15, 0.2) is 42.5 Å². The third-order valence-electron chi connectivity index (χ3n) is 5.21. The van der Waals surface area contributed by atoms with Crippen molar-refractivity contribution in [2.24, 2.45) is 5.73 Å². The van der Waals surface area contributed by atoms with Crippen molar-refractivity contribution in [1.82, 2.24) is 4.90 Å². The number of halogens is 3. The van der Waals surface area contributed by atoms with Gasteiger partial charge in [0.2, 0.25) is 5.91 Å².